The molecule has 4 heteroatoms. The first-order valence-electron chi connectivity index (χ1n) is 6.45. The largest absolute Gasteiger partial charge is 0.379 e. The molecule has 1 saturated heterocycles. The van der Waals surface area contributed by atoms with Crippen LogP contribution in [0.4, 0.5) is 4.79 Å². The van der Waals surface area contributed by atoms with Gasteiger partial charge in [-0.25, -0.2) is 4.79 Å². The van der Waals surface area contributed by atoms with Gasteiger partial charge in [0, 0.05) is 19.6 Å². The van der Waals surface area contributed by atoms with Gasteiger partial charge in [-0.05, 0) is 25.2 Å². The number of nitrogens with zero attached hydrogens (tertiary/aromatic N) is 1. The zero-order valence-corrected chi connectivity index (χ0v) is 10.8. The molecule has 0 aromatic carbocycles. The Bertz CT molecular complexity index is 244. The SMILES string of the molecule is C=CCCOCCNC(=O)N1CCCC(C)C1. The van der Waals surface area contributed by atoms with E-state index in [1.807, 2.05) is 11.0 Å². The standard InChI is InChI=1S/C13H24N2O2/c1-3-4-9-17-10-7-14-13(16)15-8-5-6-12(2)11-15/h3,12H,1,4-11H2,2H3,(H,14,16). The fraction of sp³-hybridized carbons (Fsp3) is 0.769. The number of carbonyl (C=O) groups is 1. The van der Waals surface area contributed by atoms with Crippen molar-refractivity contribution in [2.45, 2.75) is 26.2 Å². The summed E-state index contributed by atoms with van der Waals surface area (Å²) in [7, 11) is 0. The summed E-state index contributed by atoms with van der Waals surface area (Å²) < 4.78 is 5.33. The third-order valence-corrected chi connectivity index (χ3v) is 2.93. The zero-order valence-electron chi connectivity index (χ0n) is 10.8. The number of rotatable bonds is 6. The molecule has 1 heterocycles. The van der Waals surface area contributed by atoms with E-state index in [2.05, 4.69) is 18.8 Å². The number of hydrogen-bond donors (Lipinski definition) is 1. The van der Waals surface area contributed by atoms with Gasteiger partial charge in [-0.1, -0.05) is 13.0 Å². The zero-order chi connectivity index (χ0) is 12.5. The van der Waals surface area contributed by atoms with Gasteiger partial charge >= 0.3 is 6.03 Å². The average Bonchev–Trinajstić information content (AvgIpc) is 2.33. The lowest BCUT2D eigenvalue weighted by atomic mass is 10.0. The molecule has 4 nitrogen and oxygen atoms in total. The molecular formula is C13H24N2O2. The minimum Gasteiger partial charge on any atom is -0.379 e. The van der Waals surface area contributed by atoms with Crippen molar-refractivity contribution in [2.24, 2.45) is 5.92 Å². The van der Waals surface area contributed by atoms with Gasteiger partial charge in [0.25, 0.3) is 0 Å². The quantitative estimate of drug-likeness (QED) is 0.570. The number of piperidine rings is 1. The first-order chi connectivity index (χ1) is 8.24. The van der Waals surface area contributed by atoms with E-state index in [1.54, 1.807) is 0 Å². The molecule has 0 aromatic heterocycles. The van der Waals surface area contributed by atoms with Crippen LogP contribution in [0.3, 0.4) is 0 Å². The molecule has 1 fully saturated rings. The van der Waals surface area contributed by atoms with Gasteiger partial charge in [0.15, 0.2) is 0 Å². The molecule has 1 unspecified atom stereocenters. The summed E-state index contributed by atoms with van der Waals surface area (Å²) in [4.78, 5) is 13.7. The molecule has 0 bridgehead atoms. The van der Waals surface area contributed by atoms with Gasteiger partial charge in [0.2, 0.25) is 0 Å². The number of nitrogens with one attached hydrogen (secondary N) is 1. The number of urea groups is 1. The number of ether oxygens (including phenoxy) is 1. The topological polar surface area (TPSA) is 41.6 Å². The fourth-order valence-electron chi connectivity index (χ4n) is 1.98. The van der Waals surface area contributed by atoms with Crippen LogP contribution in [0.5, 0.6) is 0 Å². The Morgan fingerprint density at radius 2 is 2.41 bits per heavy atom. The van der Waals surface area contributed by atoms with Crippen molar-refractivity contribution >= 4 is 6.03 Å². The van der Waals surface area contributed by atoms with E-state index >= 15 is 0 Å². The van der Waals surface area contributed by atoms with Crippen LogP contribution in [0.25, 0.3) is 0 Å². The van der Waals surface area contributed by atoms with Crippen LogP contribution in [0.15, 0.2) is 12.7 Å². The van der Waals surface area contributed by atoms with E-state index in [0.29, 0.717) is 25.7 Å². The van der Waals surface area contributed by atoms with E-state index in [1.165, 1.54) is 6.42 Å². The molecule has 0 radical (unpaired) electrons. The molecule has 17 heavy (non-hydrogen) atoms. The second kappa shape index (κ2) is 8.12. The first kappa shape index (κ1) is 14.0. The van der Waals surface area contributed by atoms with Crippen molar-refractivity contribution in [3.8, 4) is 0 Å². The Hall–Kier alpha value is -1.03. The maximum Gasteiger partial charge on any atom is 0.317 e. The smallest absolute Gasteiger partial charge is 0.317 e. The van der Waals surface area contributed by atoms with Crippen molar-refractivity contribution in [1.29, 1.82) is 0 Å². The molecular weight excluding hydrogens is 216 g/mol. The highest BCUT2D eigenvalue weighted by atomic mass is 16.5. The highest BCUT2D eigenvalue weighted by Crippen LogP contribution is 2.14. The van der Waals surface area contributed by atoms with Gasteiger partial charge in [0.05, 0.1) is 13.2 Å². The predicted octanol–water partition coefficient (Wildman–Crippen LogP) is 2.02. The highest BCUT2D eigenvalue weighted by Gasteiger charge is 2.20. The minimum absolute atomic E-state index is 0.0453. The lowest BCUT2D eigenvalue weighted by molar-refractivity contribution is 0.134. The van der Waals surface area contributed by atoms with Crippen LogP contribution in [-0.2, 0) is 4.74 Å². The normalized spacial score (nSPS) is 20.1. The molecule has 0 aromatic rings. The molecule has 1 aliphatic rings. The van der Waals surface area contributed by atoms with E-state index in [0.717, 1.165) is 25.9 Å². The second-order valence-electron chi connectivity index (χ2n) is 4.62. The molecule has 0 spiro atoms. The van der Waals surface area contributed by atoms with Gasteiger partial charge in [0.1, 0.15) is 0 Å². The average molecular weight is 240 g/mol. The molecule has 1 N–H and O–H groups in total. The lowest BCUT2D eigenvalue weighted by Gasteiger charge is -2.30. The fourth-order valence-corrected chi connectivity index (χ4v) is 1.98. The molecule has 0 saturated carbocycles. The first-order valence-corrected chi connectivity index (χ1v) is 6.45. The summed E-state index contributed by atoms with van der Waals surface area (Å²) in [5.41, 5.74) is 0. The van der Waals surface area contributed by atoms with Crippen molar-refractivity contribution < 1.29 is 9.53 Å². The summed E-state index contributed by atoms with van der Waals surface area (Å²) in [5, 5.41) is 2.89. The van der Waals surface area contributed by atoms with Crippen molar-refractivity contribution in [3.05, 3.63) is 12.7 Å². The summed E-state index contributed by atoms with van der Waals surface area (Å²) in [6, 6.07) is 0.0453. The number of carbonyl (C=O) groups excluding carboxylic acids is 1. The van der Waals surface area contributed by atoms with Crippen LogP contribution in [0, 0.1) is 5.92 Å². The molecule has 1 rings (SSSR count). The Kier molecular flexibility index (Phi) is 6.70. The summed E-state index contributed by atoms with van der Waals surface area (Å²) >= 11 is 0. The van der Waals surface area contributed by atoms with Gasteiger partial charge in [-0.3, -0.25) is 0 Å². The van der Waals surface area contributed by atoms with Crippen LogP contribution in [-0.4, -0.2) is 43.8 Å². The van der Waals surface area contributed by atoms with E-state index in [4.69, 9.17) is 4.74 Å². The van der Waals surface area contributed by atoms with Crippen LogP contribution >= 0.6 is 0 Å². The Labute approximate surface area is 104 Å². The van der Waals surface area contributed by atoms with Crippen LogP contribution < -0.4 is 5.32 Å². The predicted molar refractivity (Wildman–Crippen MR) is 69.0 cm³/mol. The van der Waals surface area contributed by atoms with Crippen LogP contribution in [0.1, 0.15) is 26.2 Å². The molecule has 1 aliphatic heterocycles. The molecule has 0 aliphatic carbocycles. The number of hydrogen-bond acceptors (Lipinski definition) is 2. The third kappa shape index (κ3) is 5.73. The van der Waals surface area contributed by atoms with Gasteiger partial charge in [-0.2, -0.15) is 0 Å². The van der Waals surface area contributed by atoms with Gasteiger partial charge < -0.3 is 15.0 Å². The summed E-state index contributed by atoms with van der Waals surface area (Å²) in [6.45, 7) is 9.41. The Balaban J connectivity index is 2.06. The Morgan fingerprint density at radius 1 is 1.59 bits per heavy atom. The minimum atomic E-state index is 0.0453. The third-order valence-electron chi connectivity index (χ3n) is 2.93. The lowest BCUT2D eigenvalue weighted by Crippen LogP contribution is -2.45. The molecule has 2 amide bonds. The van der Waals surface area contributed by atoms with Crippen molar-refractivity contribution in [2.75, 3.05) is 32.8 Å². The van der Waals surface area contributed by atoms with E-state index in [9.17, 15) is 4.79 Å². The van der Waals surface area contributed by atoms with E-state index in [-0.39, 0.29) is 6.03 Å². The molecule has 1 atom stereocenters. The monoisotopic (exact) mass is 240 g/mol. The summed E-state index contributed by atoms with van der Waals surface area (Å²) in [6.07, 6.45) is 5.03. The summed E-state index contributed by atoms with van der Waals surface area (Å²) in [5.74, 6) is 0.623. The number of likely N-dealkylation sites (tertiary alicyclic amines) is 1. The highest BCUT2D eigenvalue weighted by molar-refractivity contribution is 5.74. The number of amides is 2. The molecule has 98 valence electrons. The Morgan fingerprint density at radius 3 is 3.12 bits per heavy atom. The van der Waals surface area contributed by atoms with Gasteiger partial charge in [-0.15, -0.1) is 6.58 Å². The van der Waals surface area contributed by atoms with Crippen LogP contribution in [0.2, 0.25) is 0 Å². The van der Waals surface area contributed by atoms with Crippen molar-refractivity contribution in [3.63, 3.8) is 0 Å². The maximum atomic E-state index is 11.8. The maximum absolute atomic E-state index is 11.8. The van der Waals surface area contributed by atoms with Crippen molar-refractivity contribution in [1.82, 2.24) is 10.2 Å². The van der Waals surface area contributed by atoms with E-state index < -0.39 is 0 Å². The second-order valence-corrected chi connectivity index (χ2v) is 4.62.